The summed E-state index contributed by atoms with van der Waals surface area (Å²) in [5.74, 6) is 0. The highest BCUT2D eigenvalue weighted by Gasteiger charge is 2.11. The molecule has 2 rings (SSSR count). The summed E-state index contributed by atoms with van der Waals surface area (Å²) in [5, 5.41) is 0. The van der Waals surface area contributed by atoms with Crippen molar-refractivity contribution in [2.75, 3.05) is 0 Å². The number of hydrogen-bond acceptors (Lipinski definition) is 1. The molecule has 0 aliphatic rings. The van der Waals surface area contributed by atoms with Crippen molar-refractivity contribution < 1.29 is 0 Å². The molecule has 0 aliphatic carbocycles. The number of pyridine rings is 1. The second-order valence-electron chi connectivity index (χ2n) is 6.06. The van der Waals surface area contributed by atoms with Gasteiger partial charge in [0.2, 0.25) is 0 Å². The van der Waals surface area contributed by atoms with Crippen LogP contribution in [-0.2, 0) is 12.8 Å². The lowest BCUT2D eigenvalue weighted by Crippen LogP contribution is -2.09. The minimum Gasteiger partial charge on any atom is -0.261 e. The molecule has 1 heteroatoms. The lowest BCUT2D eigenvalue weighted by Gasteiger charge is -2.17. The van der Waals surface area contributed by atoms with Gasteiger partial charge in [-0.15, -0.1) is 0 Å². The molecule has 1 heterocycles. The van der Waals surface area contributed by atoms with Gasteiger partial charge in [-0.25, -0.2) is 0 Å². The normalized spacial score (nSPS) is 11.5. The van der Waals surface area contributed by atoms with E-state index in [1.807, 2.05) is 12.3 Å². The number of benzene rings is 1. The second-order valence-corrected chi connectivity index (χ2v) is 6.06. The molecular weight excluding hydrogens is 218 g/mol. The third-order valence-corrected chi connectivity index (χ3v) is 2.85. The minimum atomic E-state index is 0.322. The van der Waals surface area contributed by atoms with Crippen molar-refractivity contribution in [1.29, 1.82) is 0 Å². The minimum absolute atomic E-state index is 0.322. The summed E-state index contributed by atoms with van der Waals surface area (Å²) in [6.07, 6.45) is 4.01. The number of hydrogen-bond donors (Lipinski definition) is 0. The van der Waals surface area contributed by atoms with Crippen LogP contribution < -0.4 is 0 Å². The lowest BCUT2D eigenvalue weighted by molar-refractivity contribution is 0.410. The molecular formula is C17H21N. The van der Waals surface area contributed by atoms with Gasteiger partial charge < -0.3 is 0 Å². The third-order valence-electron chi connectivity index (χ3n) is 2.85. The van der Waals surface area contributed by atoms with E-state index in [4.69, 9.17) is 0 Å². The van der Waals surface area contributed by atoms with E-state index < -0.39 is 0 Å². The maximum atomic E-state index is 4.56. The first-order valence-electron chi connectivity index (χ1n) is 6.51. The highest BCUT2D eigenvalue weighted by atomic mass is 14.7. The Balaban J connectivity index is 2.04. The summed E-state index contributed by atoms with van der Waals surface area (Å²) < 4.78 is 0. The molecule has 0 saturated carbocycles. The maximum Gasteiger partial charge on any atom is 0.0447 e. The molecule has 0 atom stereocenters. The van der Waals surface area contributed by atoms with E-state index in [1.54, 1.807) is 0 Å². The molecule has 0 amide bonds. The number of aromatic nitrogens is 1. The van der Waals surface area contributed by atoms with Gasteiger partial charge in [0.15, 0.2) is 0 Å². The zero-order chi connectivity index (χ0) is 13.0. The average Bonchev–Trinajstić information content (AvgIpc) is 2.31. The van der Waals surface area contributed by atoms with Crippen LogP contribution in [-0.4, -0.2) is 4.98 Å². The van der Waals surface area contributed by atoms with Crippen LogP contribution in [0.2, 0.25) is 0 Å². The van der Waals surface area contributed by atoms with E-state index in [0.29, 0.717) is 5.41 Å². The van der Waals surface area contributed by atoms with Crippen LogP contribution in [0, 0.1) is 5.41 Å². The predicted octanol–water partition coefficient (Wildman–Crippen LogP) is 4.26. The Hall–Kier alpha value is -1.63. The van der Waals surface area contributed by atoms with Gasteiger partial charge in [-0.2, -0.15) is 0 Å². The quantitative estimate of drug-likeness (QED) is 0.780. The first kappa shape index (κ1) is 12.8. The fourth-order valence-corrected chi connectivity index (χ4v) is 2.08. The molecule has 0 fully saturated rings. The summed E-state index contributed by atoms with van der Waals surface area (Å²) >= 11 is 0. The Labute approximate surface area is 110 Å². The summed E-state index contributed by atoms with van der Waals surface area (Å²) in [4.78, 5) is 4.56. The van der Waals surface area contributed by atoms with Gasteiger partial charge in [-0.3, -0.25) is 4.98 Å². The van der Waals surface area contributed by atoms with Crippen molar-refractivity contribution in [3.63, 3.8) is 0 Å². The van der Waals surface area contributed by atoms with E-state index in [2.05, 4.69) is 62.2 Å². The van der Waals surface area contributed by atoms with E-state index in [0.717, 1.165) is 18.5 Å². The van der Waals surface area contributed by atoms with E-state index >= 15 is 0 Å². The van der Waals surface area contributed by atoms with E-state index in [1.165, 1.54) is 11.1 Å². The molecule has 1 aromatic carbocycles. The molecule has 94 valence electrons. The van der Waals surface area contributed by atoms with Crippen LogP contribution in [0.25, 0.3) is 0 Å². The van der Waals surface area contributed by atoms with Crippen LogP contribution >= 0.6 is 0 Å². The molecule has 2 aromatic rings. The molecule has 0 N–H and O–H groups in total. The SMILES string of the molecule is CC(C)(C)Cc1ccc(Cc2ccccc2)nc1. The molecule has 1 nitrogen and oxygen atoms in total. The Morgan fingerprint density at radius 3 is 2.17 bits per heavy atom. The number of nitrogens with zero attached hydrogens (tertiary/aromatic N) is 1. The Morgan fingerprint density at radius 1 is 0.889 bits per heavy atom. The van der Waals surface area contributed by atoms with Crippen molar-refractivity contribution in [3.8, 4) is 0 Å². The van der Waals surface area contributed by atoms with Crippen molar-refractivity contribution in [3.05, 3.63) is 65.5 Å². The highest BCUT2D eigenvalue weighted by Crippen LogP contribution is 2.20. The largest absolute Gasteiger partial charge is 0.261 e. The molecule has 1 aromatic heterocycles. The van der Waals surface area contributed by atoms with Crippen LogP contribution in [0.5, 0.6) is 0 Å². The average molecular weight is 239 g/mol. The Kier molecular flexibility index (Phi) is 3.81. The zero-order valence-electron chi connectivity index (χ0n) is 11.5. The van der Waals surface area contributed by atoms with Crippen molar-refractivity contribution in [2.45, 2.75) is 33.6 Å². The van der Waals surface area contributed by atoms with Gasteiger partial charge in [0.25, 0.3) is 0 Å². The molecule has 0 spiro atoms. The standard InChI is InChI=1S/C17H21N/c1-17(2,3)12-15-9-10-16(18-13-15)11-14-7-5-4-6-8-14/h4-10,13H,11-12H2,1-3H3. The fraction of sp³-hybridized carbons (Fsp3) is 0.353. The smallest absolute Gasteiger partial charge is 0.0447 e. The maximum absolute atomic E-state index is 4.56. The van der Waals surface area contributed by atoms with Gasteiger partial charge in [-0.05, 0) is 29.0 Å². The van der Waals surface area contributed by atoms with Crippen molar-refractivity contribution in [1.82, 2.24) is 4.98 Å². The summed E-state index contributed by atoms with van der Waals surface area (Å²) in [6, 6.07) is 14.8. The molecule has 0 bridgehead atoms. The molecule has 0 radical (unpaired) electrons. The van der Waals surface area contributed by atoms with Crippen LogP contribution in [0.1, 0.15) is 37.6 Å². The van der Waals surface area contributed by atoms with Crippen molar-refractivity contribution >= 4 is 0 Å². The monoisotopic (exact) mass is 239 g/mol. The predicted molar refractivity (Wildman–Crippen MR) is 76.6 cm³/mol. The third kappa shape index (κ3) is 3.99. The summed E-state index contributed by atoms with van der Waals surface area (Å²) in [6.45, 7) is 6.76. The fourth-order valence-electron chi connectivity index (χ4n) is 2.08. The molecule has 0 saturated heterocycles. The van der Waals surface area contributed by atoms with Crippen LogP contribution in [0.3, 0.4) is 0 Å². The second kappa shape index (κ2) is 5.34. The molecule has 0 aliphatic heterocycles. The first-order valence-corrected chi connectivity index (χ1v) is 6.51. The molecule has 18 heavy (non-hydrogen) atoms. The Bertz CT molecular complexity index is 477. The highest BCUT2D eigenvalue weighted by molar-refractivity contribution is 5.23. The summed E-state index contributed by atoms with van der Waals surface area (Å²) in [7, 11) is 0. The zero-order valence-corrected chi connectivity index (χ0v) is 11.5. The van der Waals surface area contributed by atoms with E-state index in [-0.39, 0.29) is 0 Å². The first-order chi connectivity index (χ1) is 8.53. The van der Waals surface area contributed by atoms with Gasteiger partial charge in [0.1, 0.15) is 0 Å². The van der Waals surface area contributed by atoms with Gasteiger partial charge >= 0.3 is 0 Å². The van der Waals surface area contributed by atoms with Gasteiger partial charge in [-0.1, -0.05) is 57.2 Å². The number of rotatable bonds is 3. The van der Waals surface area contributed by atoms with Gasteiger partial charge in [0, 0.05) is 18.3 Å². The van der Waals surface area contributed by atoms with E-state index in [9.17, 15) is 0 Å². The van der Waals surface area contributed by atoms with Crippen LogP contribution in [0.15, 0.2) is 48.7 Å². The van der Waals surface area contributed by atoms with Gasteiger partial charge in [0.05, 0.1) is 0 Å². The molecule has 0 unspecified atom stereocenters. The topological polar surface area (TPSA) is 12.9 Å². The Morgan fingerprint density at radius 2 is 1.61 bits per heavy atom. The van der Waals surface area contributed by atoms with Crippen molar-refractivity contribution in [2.24, 2.45) is 5.41 Å². The van der Waals surface area contributed by atoms with Crippen LogP contribution in [0.4, 0.5) is 0 Å². The summed E-state index contributed by atoms with van der Waals surface area (Å²) in [5.41, 5.74) is 4.09. The lowest BCUT2D eigenvalue weighted by atomic mass is 9.89.